The zero-order valence-corrected chi connectivity index (χ0v) is 21.8. The van der Waals surface area contributed by atoms with Crippen molar-refractivity contribution in [2.75, 3.05) is 19.0 Å². The standard InChI is InChI=1S/C27H29FN8O2/c1-27(2,3)26-35-34-25(38-26)24(37)31-13-16-7-6-15(12-19(16)28)18-10-11-29-23-21(18)32-22(33-23)20-9-8-17(14-30-20)36(4)5/h6-12,14,26,35H,13H2,1-5H3,(H,31,37)(H,29,32,33). The molecule has 3 aromatic heterocycles. The Kier molecular flexibility index (Phi) is 6.43. The van der Waals surface area contributed by atoms with Crippen LogP contribution in [0, 0.1) is 11.2 Å². The van der Waals surface area contributed by atoms with Crippen LogP contribution in [0.5, 0.6) is 0 Å². The molecular weight excluding hydrogens is 487 g/mol. The van der Waals surface area contributed by atoms with Gasteiger partial charge in [-0.15, -0.1) is 5.10 Å². The van der Waals surface area contributed by atoms with E-state index in [1.54, 1.807) is 30.6 Å². The molecule has 0 saturated carbocycles. The molecule has 4 heterocycles. The minimum Gasteiger partial charge on any atom is -0.447 e. The molecule has 5 rings (SSSR count). The van der Waals surface area contributed by atoms with E-state index in [9.17, 15) is 4.79 Å². The molecule has 1 aromatic carbocycles. The fraction of sp³-hybridized carbons (Fsp3) is 0.296. The molecule has 11 heteroatoms. The van der Waals surface area contributed by atoms with Crippen LogP contribution < -0.4 is 15.6 Å². The van der Waals surface area contributed by atoms with Gasteiger partial charge in [0.25, 0.3) is 5.90 Å². The van der Waals surface area contributed by atoms with E-state index in [0.717, 1.165) is 11.3 Å². The first-order chi connectivity index (χ1) is 18.1. The lowest BCUT2D eigenvalue weighted by atomic mass is 9.95. The van der Waals surface area contributed by atoms with Crippen LogP contribution in [0.25, 0.3) is 33.8 Å². The molecule has 1 amide bonds. The van der Waals surface area contributed by atoms with E-state index in [2.05, 4.69) is 35.8 Å². The van der Waals surface area contributed by atoms with Crippen molar-refractivity contribution in [2.45, 2.75) is 33.5 Å². The van der Waals surface area contributed by atoms with E-state index in [0.29, 0.717) is 33.8 Å². The highest BCUT2D eigenvalue weighted by atomic mass is 19.1. The normalized spacial score (nSPS) is 15.1. The second kappa shape index (κ2) is 9.73. The van der Waals surface area contributed by atoms with Gasteiger partial charge in [-0.2, -0.15) is 0 Å². The number of anilines is 1. The van der Waals surface area contributed by atoms with E-state index in [1.807, 2.05) is 51.9 Å². The fourth-order valence-corrected chi connectivity index (χ4v) is 3.93. The molecular formula is C27H29FN8O2. The third kappa shape index (κ3) is 4.99. The first-order valence-corrected chi connectivity index (χ1v) is 12.2. The largest absolute Gasteiger partial charge is 0.447 e. The summed E-state index contributed by atoms with van der Waals surface area (Å²) < 4.78 is 20.7. The van der Waals surface area contributed by atoms with Crippen LogP contribution in [0.3, 0.4) is 0 Å². The van der Waals surface area contributed by atoms with E-state index in [1.165, 1.54) is 6.07 Å². The first-order valence-electron chi connectivity index (χ1n) is 12.2. The summed E-state index contributed by atoms with van der Waals surface area (Å²) in [6, 6.07) is 10.5. The number of carbonyl (C=O) groups is 1. The van der Waals surface area contributed by atoms with Gasteiger partial charge in [0, 0.05) is 43.4 Å². The Morgan fingerprint density at radius 2 is 1.97 bits per heavy atom. The number of hydrogen-bond acceptors (Lipinski definition) is 8. The molecule has 10 nitrogen and oxygen atoms in total. The number of rotatable bonds is 6. The van der Waals surface area contributed by atoms with Crippen LogP contribution in [-0.4, -0.2) is 52.1 Å². The quantitative estimate of drug-likeness (QED) is 0.356. The minimum atomic E-state index is -0.513. The van der Waals surface area contributed by atoms with Crippen molar-refractivity contribution in [1.82, 2.24) is 30.7 Å². The lowest BCUT2D eigenvalue weighted by Crippen LogP contribution is -2.38. The molecule has 4 aromatic rings. The highest BCUT2D eigenvalue weighted by Gasteiger charge is 2.33. The van der Waals surface area contributed by atoms with Gasteiger partial charge in [0.15, 0.2) is 17.7 Å². The van der Waals surface area contributed by atoms with Gasteiger partial charge in [-0.05, 0) is 29.8 Å². The topological polar surface area (TPSA) is 120 Å². The van der Waals surface area contributed by atoms with Crippen LogP contribution >= 0.6 is 0 Å². The fourth-order valence-electron chi connectivity index (χ4n) is 3.93. The van der Waals surface area contributed by atoms with Crippen molar-refractivity contribution in [1.29, 1.82) is 0 Å². The van der Waals surface area contributed by atoms with Crippen molar-refractivity contribution in [3.63, 3.8) is 0 Å². The number of ether oxygens (including phenoxy) is 1. The van der Waals surface area contributed by atoms with Crippen molar-refractivity contribution >= 4 is 28.7 Å². The molecule has 196 valence electrons. The molecule has 38 heavy (non-hydrogen) atoms. The molecule has 0 bridgehead atoms. The summed E-state index contributed by atoms with van der Waals surface area (Å²) in [7, 11) is 3.90. The summed E-state index contributed by atoms with van der Waals surface area (Å²) in [6.45, 7) is 5.90. The molecule has 3 N–H and O–H groups in total. The predicted molar refractivity (Wildman–Crippen MR) is 144 cm³/mol. The maximum absolute atomic E-state index is 15.1. The van der Waals surface area contributed by atoms with Crippen molar-refractivity contribution in [2.24, 2.45) is 10.5 Å². The monoisotopic (exact) mass is 516 g/mol. The van der Waals surface area contributed by atoms with Gasteiger partial charge in [-0.3, -0.25) is 15.2 Å². The Morgan fingerprint density at radius 3 is 2.63 bits per heavy atom. The van der Waals surface area contributed by atoms with E-state index >= 15 is 4.39 Å². The third-order valence-electron chi connectivity index (χ3n) is 6.20. The number of amides is 1. The number of H-pyrrole nitrogens is 1. The highest BCUT2D eigenvalue weighted by Crippen LogP contribution is 2.30. The summed E-state index contributed by atoms with van der Waals surface area (Å²) in [5.74, 6) is -0.457. The second-order valence-electron chi connectivity index (χ2n) is 10.3. The number of fused-ring (bicyclic) bond motifs is 1. The average Bonchev–Trinajstić information content (AvgIpc) is 3.56. The second-order valence-corrected chi connectivity index (χ2v) is 10.3. The Bertz CT molecular complexity index is 1520. The average molecular weight is 517 g/mol. The summed E-state index contributed by atoms with van der Waals surface area (Å²) in [5, 5.41) is 6.62. The number of imidazole rings is 1. The van der Waals surface area contributed by atoms with Crippen molar-refractivity contribution in [3.05, 3.63) is 60.2 Å². The summed E-state index contributed by atoms with van der Waals surface area (Å²) in [6.07, 6.45) is 3.00. The molecule has 0 fully saturated rings. The molecule has 1 aliphatic rings. The number of hydrazone groups is 1. The highest BCUT2D eigenvalue weighted by molar-refractivity contribution is 6.35. The van der Waals surface area contributed by atoms with Gasteiger partial charge in [-0.25, -0.2) is 14.4 Å². The maximum Gasteiger partial charge on any atom is 0.308 e. The Balaban J connectivity index is 1.32. The summed E-state index contributed by atoms with van der Waals surface area (Å²) in [5.41, 5.74) is 7.14. The smallest absolute Gasteiger partial charge is 0.308 e. The zero-order valence-electron chi connectivity index (χ0n) is 21.8. The third-order valence-corrected chi connectivity index (χ3v) is 6.20. The maximum atomic E-state index is 15.1. The molecule has 1 unspecified atom stereocenters. The van der Waals surface area contributed by atoms with Gasteiger partial charge < -0.3 is 19.9 Å². The molecule has 1 aliphatic heterocycles. The Labute approximate surface area is 219 Å². The van der Waals surface area contributed by atoms with E-state index in [4.69, 9.17) is 4.74 Å². The predicted octanol–water partition coefficient (Wildman–Crippen LogP) is 3.81. The van der Waals surface area contributed by atoms with Crippen LogP contribution in [0.4, 0.5) is 10.1 Å². The van der Waals surface area contributed by atoms with Gasteiger partial charge in [0.1, 0.15) is 11.5 Å². The number of nitrogens with zero attached hydrogens (tertiary/aromatic N) is 5. The number of aromatic nitrogens is 4. The summed E-state index contributed by atoms with van der Waals surface area (Å²) >= 11 is 0. The zero-order chi connectivity index (χ0) is 27.0. The summed E-state index contributed by atoms with van der Waals surface area (Å²) in [4.78, 5) is 31.1. The number of aromatic amines is 1. The first kappa shape index (κ1) is 25.1. The van der Waals surface area contributed by atoms with Crippen LogP contribution in [0.2, 0.25) is 0 Å². The van der Waals surface area contributed by atoms with E-state index in [-0.39, 0.29) is 17.9 Å². The number of hydrogen-bond donors (Lipinski definition) is 3. The van der Waals surface area contributed by atoms with Crippen LogP contribution in [0.15, 0.2) is 53.9 Å². The molecule has 0 saturated heterocycles. The van der Waals surface area contributed by atoms with Crippen molar-refractivity contribution < 1.29 is 13.9 Å². The molecule has 1 atom stereocenters. The van der Waals surface area contributed by atoms with Gasteiger partial charge in [0.2, 0.25) is 0 Å². The Morgan fingerprint density at radius 1 is 1.16 bits per heavy atom. The van der Waals surface area contributed by atoms with Crippen LogP contribution in [-0.2, 0) is 16.1 Å². The molecule has 0 radical (unpaired) electrons. The number of nitrogens with one attached hydrogen (secondary N) is 3. The molecule has 0 spiro atoms. The minimum absolute atomic E-state index is 0.0118. The van der Waals surface area contributed by atoms with Crippen molar-refractivity contribution in [3.8, 4) is 22.6 Å². The lowest BCUT2D eigenvalue weighted by molar-refractivity contribution is -0.116. The Hall–Kier alpha value is -4.54. The number of carbonyl (C=O) groups excluding carboxylic acids is 1. The van der Waals surface area contributed by atoms with Crippen LogP contribution in [0.1, 0.15) is 26.3 Å². The van der Waals surface area contributed by atoms with Gasteiger partial charge >= 0.3 is 5.91 Å². The lowest BCUT2D eigenvalue weighted by Gasteiger charge is -2.25. The number of benzene rings is 1. The van der Waals surface area contributed by atoms with Gasteiger partial charge in [-0.1, -0.05) is 32.9 Å². The number of pyridine rings is 2. The van der Waals surface area contributed by atoms with E-state index < -0.39 is 18.0 Å². The number of halogens is 1. The van der Waals surface area contributed by atoms with Gasteiger partial charge in [0.05, 0.1) is 17.4 Å². The molecule has 0 aliphatic carbocycles. The SMILES string of the molecule is CN(C)c1ccc(-c2nc3nccc(-c4ccc(CNC(=O)C5=NNC(C(C)(C)C)O5)c(F)c4)c3[nH]2)nc1.